The lowest BCUT2D eigenvalue weighted by Crippen LogP contribution is -2.53. The van der Waals surface area contributed by atoms with Crippen LogP contribution >= 0.6 is 15.9 Å². The largest absolute Gasteiger partial charge is 0.329 e. The van der Waals surface area contributed by atoms with E-state index in [2.05, 4.69) is 40.2 Å². The van der Waals surface area contributed by atoms with E-state index in [1.54, 1.807) is 0 Å². The van der Waals surface area contributed by atoms with Crippen molar-refractivity contribution in [1.82, 2.24) is 0 Å². The van der Waals surface area contributed by atoms with Gasteiger partial charge in [-0.1, -0.05) is 34.5 Å². The van der Waals surface area contributed by atoms with E-state index < -0.39 is 0 Å². The van der Waals surface area contributed by atoms with E-state index in [4.69, 9.17) is 11.5 Å². The molecule has 1 aliphatic rings. The monoisotopic (exact) mass is 268 g/mol. The van der Waals surface area contributed by atoms with Gasteiger partial charge in [-0.3, -0.25) is 0 Å². The molecule has 1 fully saturated rings. The van der Waals surface area contributed by atoms with Crippen LogP contribution in [0.25, 0.3) is 0 Å². The average Bonchev–Trinajstić information content (AvgIpc) is 2.19. The fourth-order valence-electron chi connectivity index (χ4n) is 2.44. The Hall–Kier alpha value is -0.380. The Morgan fingerprint density at radius 3 is 2.27 bits per heavy atom. The zero-order valence-electron chi connectivity index (χ0n) is 8.75. The first-order chi connectivity index (χ1) is 7.19. The molecule has 1 aliphatic carbocycles. The minimum atomic E-state index is 0.0902. The van der Waals surface area contributed by atoms with Crippen molar-refractivity contribution in [1.29, 1.82) is 0 Å². The van der Waals surface area contributed by atoms with Crippen LogP contribution < -0.4 is 11.5 Å². The molecule has 0 amide bonds. The van der Waals surface area contributed by atoms with Gasteiger partial charge in [0.2, 0.25) is 0 Å². The Labute approximate surface area is 99.2 Å². The molecule has 0 heterocycles. The molecule has 0 saturated heterocycles. The van der Waals surface area contributed by atoms with Gasteiger partial charge in [0.1, 0.15) is 0 Å². The molecule has 4 N–H and O–H groups in total. The average molecular weight is 269 g/mol. The molecule has 2 rings (SSSR count). The van der Waals surface area contributed by atoms with Crippen LogP contribution in [0.5, 0.6) is 0 Å². The fourth-order valence-corrected chi connectivity index (χ4v) is 2.70. The molecule has 1 aromatic rings. The summed E-state index contributed by atoms with van der Waals surface area (Å²) in [5.74, 6) is 0. The number of hydrogen-bond donors (Lipinski definition) is 2. The number of nitrogens with two attached hydrogens (primary N) is 2. The Balaban J connectivity index is 2.30. The lowest BCUT2D eigenvalue weighted by molar-refractivity contribution is 0.198. The predicted octanol–water partition coefficient (Wildman–Crippen LogP) is 2.16. The normalized spacial score (nSPS) is 20.7. The van der Waals surface area contributed by atoms with Gasteiger partial charge >= 0.3 is 0 Å². The maximum Gasteiger partial charge on any atom is 0.0261 e. The van der Waals surface area contributed by atoms with Crippen LogP contribution in [0.15, 0.2) is 28.7 Å². The first-order valence-corrected chi connectivity index (χ1v) is 6.20. The molecule has 1 saturated carbocycles. The minimum Gasteiger partial charge on any atom is -0.329 e. The lowest BCUT2D eigenvalue weighted by atomic mass is 9.60. The number of halogens is 1. The van der Waals surface area contributed by atoms with Crippen molar-refractivity contribution in [3.05, 3.63) is 34.3 Å². The maximum atomic E-state index is 6.15. The lowest BCUT2D eigenvalue weighted by Gasteiger charge is -2.46. The van der Waals surface area contributed by atoms with Crippen molar-refractivity contribution < 1.29 is 0 Å². The number of benzene rings is 1. The molecule has 1 atom stereocenters. The number of rotatable bonds is 3. The molecule has 15 heavy (non-hydrogen) atoms. The maximum absolute atomic E-state index is 6.15. The molecule has 1 aromatic carbocycles. The van der Waals surface area contributed by atoms with Gasteiger partial charge in [0, 0.05) is 22.5 Å². The highest BCUT2D eigenvalue weighted by Crippen LogP contribution is 2.45. The minimum absolute atomic E-state index is 0.0902. The summed E-state index contributed by atoms with van der Waals surface area (Å²) in [4.78, 5) is 0. The number of hydrogen-bond acceptors (Lipinski definition) is 2. The first-order valence-electron chi connectivity index (χ1n) is 5.41. The molecule has 3 heteroatoms. The predicted molar refractivity (Wildman–Crippen MR) is 66.7 cm³/mol. The van der Waals surface area contributed by atoms with Gasteiger partial charge in [-0.05, 0) is 30.5 Å². The second-order valence-electron chi connectivity index (χ2n) is 4.36. The summed E-state index contributed by atoms with van der Waals surface area (Å²) >= 11 is 3.45. The van der Waals surface area contributed by atoms with Crippen LogP contribution in [-0.4, -0.2) is 12.6 Å². The van der Waals surface area contributed by atoms with Crippen LogP contribution in [0.2, 0.25) is 0 Å². The van der Waals surface area contributed by atoms with Crippen molar-refractivity contribution in [2.24, 2.45) is 11.5 Å². The van der Waals surface area contributed by atoms with Crippen molar-refractivity contribution >= 4 is 15.9 Å². The van der Waals surface area contributed by atoms with E-state index in [0.29, 0.717) is 6.54 Å². The zero-order valence-corrected chi connectivity index (χ0v) is 10.3. The van der Waals surface area contributed by atoms with E-state index in [-0.39, 0.29) is 11.5 Å². The molecule has 0 aromatic heterocycles. The van der Waals surface area contributed by atoms with Crippen LogP contribution in [0, 0.1) is 0 Å². The van der Waals surface area contributed by atoms with Gasteiger partial charge in [-0.15, -0.1) is 0 Å². The standard InChI is InChI=1S/C12H17BrN2/c13-10-4-2-9(3-5-10)12(6-1-7-12)11(15)8-14/h2-5,11H,1,6-8,14-15H2. The van der Waals surface area contributed by atoms with Crippen molar-refractivity contribution in [2.45, 2.75) is 30.7 Å². The quantitative estimate of drug-likeness (QED) is 0.883. The third-order valence-corrected chi connectivity index (χ3v) is 4.16. The highest BCUT2D eigenvalue weighted by atomic mass is 79.9. The Bertz CT molecular complexity index is 330. The summed E-state index contributed by atoms with van der Waals surface area (Å²) in [6, 6.07) is 8.59. The van der Waals surface area contributed by atoms with Crippen molar-refractivity contribution in [3.63, 3.8) is 0 Å². The van der Waals surface area contributed by atoms with E-state index in [1.807, 2.05) is 0 Å². The Morgan fingerprint density at radius 2 is 1.87 bits per heavy atom. The van der Waals surface area contributed by atoms with Crippen LogP contribution in [0.3, 0.4) is 0 Å². The van der Waals surface area contributed by atoms with E-state index in [1.165, 1.54) is 24.8 Å². The SMILES string of the molecule is NCC(N)C1(c2ccc(Br)cc2)CCC1. The van der Waals surface area contributed by atoms with Gasteiger partial charge in [-0.2, -0.15) is 0 Å². The third-order valence-electron chi connectivity index (χ3n) is 3.63. The molecule has 1 unspecified atom stereocenters. The van der Waals surface area contributed by atoms with Gasteiger partial charge in [-0.25, -0.2) is 0 Å². The highest BCUT2D eigenvalue weighted by molar-refractivity contribution is 9.10. The van der Waals surface area contributed by atoms with Gasteiger partial charge in [0.05, 0.1) is 0 Å². The summed E-state index contributed by atoms with van der Waals surface area (Å²) < 4.78 is 1.11. The van der Waals surface area contributed by atoms with Crippen molar-refractivity contribution in [3.8, 4) is 0 Å². The van der Waals surface area contributed by atoms with Gasteiger partial charge < -0.3 is 11.5 Å². The smallest absolute Gasteiger partial charge is 0.0261 e. The molecule has 82 valence electrons. The summed E-state index contributed by atoms with van der Waals surface area (Å²) in [6.45, 7) is 0.566. The van der Waals surface area contributed by atoms with E-state index in [0.717, 1.165) is 4.47 Å². The van der Waals surface area contributed by atoms with Crippen LogP contribution in [0.1, 0.15) is 24.8 Å². The molecule has 2 nitrogen and oxygen atoms in total. The zero-order chi connectivity index (χ0) is 10.9. The van der Waals surface area contributed by atoms with E-state index >= 15 is 0 Å². The molecular formula is C12H17BrN2. The van der Waals surface area contributed by atoms with Crippen LogP contribution in [0.4, 0.5) is 0 Å². The summed E-state index contributed by atoms with van der Waals surface area (Å²) in [6.07, 6.45) is 3.61. The van der Waals surface area contributed by atoms with Crippen molar-refractivity contribution in [2.75, 3.05) is 6.54 Å². The Morgan fingerprint density at radius 1 is 1.27 bits per heavy atom. The molecule has 0 bridgehead atoms. The summed E-state index contributed by atoms with van der Waals surface area (Å²) in [5.41, 5.74) is 13.3. The molecule has 0 spiro atoms. The molecule has 0 radical (unpaired) electrons. The van der Waals surface area contributed by atoms with E-state index in [9.17, 15) is 0 Å². The summed E-state index contributed by atoms with van der Waals surface area (Å²) in [5, 5.41) is 0. The van der Waals surface area contributed by atoms with Gasteiger partial charge in [0.25, 0.3) is 0 Å². The first kappa shape index (κ1) is 11.1. The second-order valence-corrected chi connectivity index (χ2v) is 5.27. The van der Waals surface area contributed by atoms with Crippen LogP contribution in [-0.2, 0) is 5.41 Å². The fraction of sp³-hybridized carbons (Fsp3) is 0.500. The third kappa shape index (κ3) is 1.84. The topological polar surface area (TPSA) is 52.0 Å². The second kappa shape index (κ2) is 4.24. The summed E-state index contributed by atoms with van der Waals surface area (Å²) in [7, 11) is 0. The highest BCUT2D eigenvalue weighted by Gasteiger charge is 2.43. The molecule has 0 aliphatic heterocycles. The molecular weight excluding hydrogens is 252 g/mol. The Kier molecular flexibility index (Phi) is 3.14. The van der Waals surface area contributed by atoms with Gasteiger partial charge in [0.15, 0.2) is 0 Å².